The minimum absolute atomic E-state index is 0.304. The molecule has 1 aromatic rings. The number of carbonyl (C=O) groups is 1. The first kappa shape index (κ1) is 11.9. The van der Waals surface area contributed by atoms with Crippen LogP contribution in [0.2, 0.25) is 0 Å². The van der Waals surface area contributed by atoms with Crippen molar-refractivity contribution in [2.45, 2.75) is 31.8 Å². The van der Waals surface area contributed by atoms with Crippen LogP contribution in [-0.4, -0.2) is 23.7 Å². The Balaban J connectivity index is 1.97. The van der Waals surface area contributed by atoms with Crippen LogP contribution in [-0.2, 0) is 4.79 Å². The van der Waals surface area contributed by atoms with E-state index in [1.165, 1.54) is 12.8 Å². The van der Waals surface area contributed by atoms with Crippen molar-refractivity contribution in [2.24, 2.45) is 0 Å². The Morgan fingerprint density at radius 3 is 2.88 bits per heavy atom. The van der Waals surface area contributed by atoms with E-state index in [4.69, 9.17) is 9.84 Å². The molecule has 0 radical (unpaired) electrons. The van der Waals surface area contributed by atoms with Gasteiger partial charge < -0.3 is 15.2 Å². The third kappa shape index (κ3) is 3.46. The molecule has 2 N–H and O–H groups in total. The maximum absolute atomic E-state index is 11.0. The molecular weight excluding hydrogens is 218 g/mol. The number of hydrogen-bond acceptors (Lipinski definition) is 3. The number of rotatable bonds is 4. The Labute approximate surface area is 101 Å². The Bertz CT molecular complexity index is 386. The van der Waals surface area contributed by atoms with Gasteiger partial charge in [0, 0.05) is 11.8 Å². The van der Waals surface area contributed by atoms with Gasteiger partial charge in [-0.15, -0.1) is 0 Å². The lowest BCUT2D eigenvalue weighted by Crippen LogP contribution is -2.15. The van der Waals surface area contributed by atoms with Gasteiger partial charge in [-0.25, -0.2) is 0 Å². The van der Waals surface area contributed by atoms with Crippen molar-refractivity contribution >= 4 is 11.6 Å². The summed E-state index contributed by atoms with van der Waals surface area (Å²) >= 11 is 0. The SMILES string of the molecule is O=C(CO)Nc1cccc(OC2CCCC2)c1. The van der Waals surface area contributed by atoms with Gasteiger partial charge in [-0.2, -0.15) is 0 Å². The van der Waals surface area contributed by atoms with E-state index < -0.39 is 12.5 Å². The van der Waals surface area contributed by atoms with E-state index in [1.807, 2.05) is 12.1 Å². The molecule has 17 heavy (non-hydrogen) atoms. The molecule has 0 bridgehead atoms. The highest BCUT2D eigenvalue weighted by Gasteiger charge is 2.16. The monoisotopic (exact) mass is 235 g/mol. The standard InChI is InChI=1S/C13H17NO3/c15-9-13(16)14-10-4-3-7-12(8-10)17-11-5-1-2-6-11/h3-4,7-8,11,15H,1-2,5-6,9H2,(H,14,16). The normalized spacial score (nSPS) is 15.8. The first-order valence-electron chi connectivity index (χ1n) is 5.95. The second-order valence-electron chi connectivity index (χ2n) is 4.26. The summed E-state index contributed by atoms with van der Waals surface area (Å²) in [6.07, 6.45) is 4.97. The zero-order valence-electron chi connectivity index (χ0n) is 9.69. The third-order valence-electron chi connectivity index (χ3n) is 2.87. The number of hydrogen-bond donors (Lipinski definition) is 2. The first-order valence-corrected chi connectivity index (χ1v) is 5.95. The van der Waals surface area contributed by atoms with Gasteiger partial charge in [0.2, 0.25) is 5.91 Å². The van der Waals surface area contributed by atoms with Gasteiger partial charge in [0.25, 0.3) is 0 Å². The number of aliphatic hydroxyl groups excluding tert-OH is 1. The van der Waals surface area contributed by atoms with E-state index in [0.717, 1.165) is 18.6 Å². The average Bonchev–Trinajstić information content (AvgIpc) is 2.82. The van der Waals surface area contributed by atoms with E-state index in [2.05, 4.69) is 5.32 Å². The van der Waals surface area contributed by atoms with E-state index in [1.54, 1.807) is 12.1 Å². The van der Waals surface area contributed by atoms with Crippen molar-refractivity contribution in [1.29, 1.82) is 0 Å². The van der Waals surface area contributed by atoms with Crippen LogP contribution in [0.3, 0.4) is 0 Å². The minimum Gasteiger partial charge on any atom is -0.490 e. The molecule has 0 heterocycles. The van der Waals surface area contributed by atoms with Crippen LogP contribution in [0.5, 0.6) is 5.75 Å². The van der Waals surface area contributed by atoms with Gasteiger partial charge in [-0.05, 0) is 37.8 Å². The smallest absolute Gasteiger partial charge is 0.250 e. The summed E-state index contributed by atoms with van der Waals surface area (Å²) in [6.45, 7) is -0.506. The fraction of sp³-hybridized carbons (Fsp3) is 0.462. The lowest BCUT2D eigenvalue weighted by Gasteiger charge is -2.13. The predicted molar refractivity (Wildman–Crippen MR) is 65.0 cm³/mol. The Morgan fingerprint density at radius 2 is 2.18 bits per heavy atom. The number of carbonyl (C=O) groups excluding carboxylic acids is 1. The van der Waals surface area contributed by atoms with Crippen molar-refractivity contribution in [3.63, 3.8) is 0 Å². The second-order valence-corrected chi connectivity index (χ2v) is 4.26. The molecule has 1 aromatic carbocycles. The number of aliphatic hydroxyl groups is 1. The quantitative estimate of drug-likeness (QED) is 0.838. The van der Waals surface area contributed by atoms with E-state index in [-0.39, 0.29) is 0 Å². The molecule has 0 saturated heterocycles. The molecule has 92 valence electrons. The molecule has 0 unspecified atom stereocenters. The Kier molecular flexibility index (Phi) is 3.98. The summed E-state index contributed by atoms with van der Waals surface area (Å²) in [6, 6.07) is 7.27. The third-order valence-corrected chi connectivity index (χ3v) is 2.87. The Hall–Kier alpha value is -1.55. The predicted octanol–water partition coefficient (Wildman–Crippen LogP) is 1.94. The molecule has 4 nitrogen and oxygen atoms in total. The summed E-state index contributed by atoms with van der Waals surface area (Å²) in [4.78, 5) is 11.0. The molecule has 1 aliphatic rings. The first-order chi connectivity index (χ1) is 8.28. The molecule has 0 aliphatic heterocycles. The number of nitrogens with one attached hydrogen (secondary N) is 1. The lowest BCUT2D eigenvalue weighted by atomic mass is 10.2. The van der Waals surface area contributed by atoms with Gasteiger partial charge in [-0.1, -0.05) is 6.07 Å². The van der Waals surface area contributed by atoms with Crippen molar-refractivity contribution in [2.75, 3.05) is 11.9 Å². The van der Waals surface area contributed by atoms with Crippen LogP contribution in [0.25, 0.3) is 0 Å². The van der Waals surface area contributed by atoms with Crippen LogP contribution in [0.1, 0.15) is 25.7 Å². The zero-order chi connectivity index (χ0) is 12.1. The van der Waals surface area contributed by atoms with E-state index in [0.29, 0.717) is 11.8 Å². The molecule has 1 saturated carbocycles. The highest BCUT2D eigenvalue weighted by Crippen LogP contribution is 2.25. The summed E-state index contributed by atoms with van der Waals surface area (Å²) < 4.78 is 5.82. The molecule has 4 heteroatoms. The lowest BCUT2D eigenvalue weighted by molar-refractivity contribution is -0.118. The van der Waals surface area contributed by atoms with Crippen molar-refractivity contribution in [3.8, 4) is 5.75 Å². The molecule has 0 aromatic heterocycles. The van der Waals surface area contributed by atoms with Crippen LogP contribution >= 0.6 is 0 Å². The number of benzene rings is 1. The summed E-state index contributed by atoms with van der Waals surface area (Å²) in [7, 11) is 0. The maximum atomic E-state index is 11.0. The van der Waals surface area contributed by atoms with Crippen molar-refractivity contribution < 1.29 is 14.6 Å². The van der Waals surface area contributed by atoms with Crippen molar-refractivity contribution in [1.82, 2.24) is 0 Å². The van der Waals surface area contributed by atoms with Gasteiger partial charge in [0.15, 0.2) is 0 Å². The highest BCUT2D eigenvalue weighted by molar-refractivity contribution is 5.91. The fourth-order valence-electron chi connectivity index (χ4n) is 2.05. The minimum atomic E-state index is -0.506. The maximum Gasteiger partial charge on any atom is 0.250 e. The van der Waals surface area contributed by atoms with Crippen LogP contribution in [0.15, 0.2) is 24.3 Å². The van der Waals surface area contributed by atoms with E-state index in [9.17, 15) is 4.79 Å². The van der Waals surface area contributed by atoms with Crippen LogP contribution in [0, 0.1) is 0 Å². The molecule has 1 fully saturated rings. The molecule has 0 atom stereocenters. The van der Waals surface area contributed by atoms with E-state index >= 15 is 0 Å². The summed E-state index contributed by atoms with van der Waals surface area (Å²) in [5.41, 5.74) is 0.652. The topological polar surface area (TPSA) is 58.6 Å². The second kappa shape index (κ2) is 5.68. The highest BCUT2D eigenvalue weighted by atomic mass is 16.5. The summed E-state index contributed by atoms with van der Waals surface area (Å²) in [5.74, 6) is 0.357. The fourth-order valence-corrected chi connectivity index (χ4v) is 2.05. The molecule has 0 spiro atoms. The number of ether oxygens (including phenoxy) is 1. The van der Waals surface area contributed by atoms with Gasteiger partial charge in [-0.3, -0.25) is 4.79 Å². The van der Waals surface area contributed by atoms with Crippen LogP contribution in [0.4, 0.5) is 5.69 Å². The largest absolute Gasteiger partial charge is 0.490 e. The van der Waals surface area contributed by atoms with Gasteiger partial charge in [0.05, 0.1) is 6.10 Å². The molecular formula is C13H17NO3. The number of anilines is 1. The van der Waals surface area contributed by atoms with Crippen molar-refractivity contribution in [3.05, 3.63) is 24.3 Å². The average molecular weight is 235 g/mol. The Morgan fingerprint density at radius 1 is 1.41 bits per heavy atom. The molecule has 1 amide bonds. The molecule has 2 rings (SSSR count). The van der Waals surface area contributed by atoms with Crippen LogP contribution < -0.4 is 10.1 Å². The molecule has 1 aliphatic carbocycles. The summed E-state index contributed by atoms with van der Waals surface area (Å²) in [5, 5.41) is 11.2. The van der Waals surface area contributed by atoms with Gasteiger partial charge >= 0.3 is 0 Å². The van der Waals surface area contributed by atoms with Gasteiger partial charge in [0.1, 0.15) is 12.4 Å². The zero-order valence-corrected chi connectivity index (χ0v) is 9.69. The number of amides is 1.